The summed E-state index contributed by atoms with van der Waals surface area (Å²) < 4.78 is 20.4. The summed E-state index contributed by atoms with van der Waals surface area (Å²) in [6.07, 6.45) is 0. The molecule has 1 amide bonds. The Balaban J connectivity index is 1.55. The number of nitrogens with one attached hydrogen (secondary N) is 1. The molecule has 2 aromatic carbocycles. The van der Waals surface area contributed by atoms with Crippen LogP contribution in [0, 0.1) is 5.82 Å². The molecule has 0 aliphatic rings. The number of carbonyl (C=O) groups is 1. The van der Waals surface area contributed by atoms with Crippen molar-refractivity contribution in [1.82, 2.24) is 25.5 Å². The van der Waals surface area contributed by atoms with Crippen molar-refractivity contribution in [3.05, 3.63) is 70.8 Å². The van der Waals surface area contributed by atoms with Crippen LogP contribution in [0.2, 0.25) is 5.02 Å². The number of hydrogen-bond donors (Lipinski definition) is 1. The lowest BCUT2D eigenvalue weighted by Crippen LogP contribution is -2.28. The minimum absolute atomic E-state index is 0.0529. The van der Waals surface area contributed by atoms with Gasteiger partial charge in [-0.25, -0.2) is 9.07 Å². The van der Waals surface area contributed by atoms with Crippen LogP contribution in [0.4, 0.5) is 4.39 Å². The Morgan fingerprint density at radius 2 is 1.96 bits per heavy atom. The van der Waals surface area contributed by atoms with E-state index in [1.807, 2.05) is 0 Å². The average molecular weight is 376 g/mol. The number of benzene rings is 2. The van der Waals surface area contributed by atoms with Gasteiger partial charge in [-0.2, -0.15) is 0 Å². The minimum Gasteiger partial charge on any atom is -0.484 e. The second-order valence-corrected chi connectivity index (χ2v) is 5.75. The van der Waals surface area contributed by atoms with E-state index in [0.717, 1.165) is 0 Å². The number of halogens is 2. The summed E-state index contributed by atoms with van der Waals surface area (Å²) in [4.78, 5) is 12.1. The Morgan fingerprint density at radius 3 is 2.77 bits per heavy atom. The van der Waals surface area contributed by atoms with Crippen LogP contribution in [-0.2, 0) is 24.5 Å². The van der Waals surface area contributed by atoms with Crippen molar-refractivity contribution in [3.63, 3.8) is 0 Å². The summed E-state index contributed by atoms with van der Waals surface area (Å²) in [6, 6.07) is 13.2. The number of hydrogen-bond acceptors (Lipinski definition) is 5. The SMILES string of the molecule is O=C(Cn1nnnc1COc1ccccc1Cl)NCc1ccccc1F. The lowest BCUT2D eigenvalue weighted by atomic mass is 10.2. The van der Waals surface area contributed by atoms with E-state index in [4.69, 9.17) is 16.3 Å². The molecule has 0 bridgehead atoms. The molecule has 0 atom stereocenters. The summed E-state index contributed by atoms with van der Waals surface area (Å²) in [5, 5.41) is 14.3. The van der Waals surface area contributed by atoms with Gasteiger partial charge in [0.25, 0.3) is 0 Å². The van der Waals surface area contributed by atoms with Crippen molar-refractivity contribution in [1.29, 1.82) is 0 Å². The van der Waals surface area contributed by atoms with E-state index in [-0.39, 0.29) is 31.4 Å². The molecule has 0 unspecified atom stereocenters. The molecule has 9 heteroatoms. The second-order valence-electron chi connectivity index (χ2n) is 5.34. The van der Waals surface area contributed by atoms with Gasteiger partial charge < -0.3 is 10.1 Å². The normalized spacial score (nSPS) is 10.5. The summed E-state index contributed by atoms with van der Waals surface area (Å²) >= 11 is 6.02. The first-order valence-corrected chi connectivity index (χ1v) is 8.14. The van der Waals surface area contributed by atoms with Crippen molar-refractivity contribution in [2.45, 2.75) is 19.7 Å². The highest BCUT2D eigenvalue weighted by molar-refractivity contribution is 6.32. The molecule has 0 aliphatic carbocycles. The first-order chi connectivity index (χ1) is 12.6. The van der Waals surface area contributed by atoms with Crippen molar-refractivity contribution in [2.24, 2.45) is 0 Å². The van der Waals surface area contributed by atoms with Gasteiger partial charge in [0, 0.05) is 12.1 Å². The standard InChI is InChI=1S/C17H15ClFN5O2/c18-13-6-2-4-8-15(13)26-11-16-21-22-23-24(16)10-17(25)20-9-12-5-1-3-7-14(12)19/h1-8H,9-11H2,(H,20,25). The van der Waals surface area contributed by atoms with Gasteiger partial charge in [0.15, 0.2) is 5.82 Å². The van der Waals surface area contributed by atoms with Crippen LogP contribution < -0.4 is 10.1 Å². The topological polar surface area (TPSA) is 81.9 Å². The van der Waals surface area contributed by atoms with Gasteiger partial charge in [-0.15, -0.1) is 5.10 Å². The van der Waals surface area contributed by atoms with E-state index in [0.29, 0.717) is 22.2 Å². The number of ether oxygens (including phenoxy) is 1. The van der Waals surface area contributed by atoms with Crippen LogP contribution in [-0.4, -0.2) is 26.1 Å². The Kier molecular flexibility index (Phi) is 5.75. The highest BCUT2D eigenvalue weighted by Crippen LogP contribution is 2.23. The number of tetrazole rings is 1. The van der Waals surface area contributed by atoms with Crippen LogP contribution in [0.15, 0.2) is 48.5 Å². The Morgan fingerprint density at radius 1 is 1.19 bits per heavy atom. The number of para-hydroxylation sites is 1. The van der Waals surface area contributed by atoms with Crippen LogP contribution >= 0.6 is 11.6 Å². The Hall–Kier alpha value is -3.00. The molecule has 0 aliphatic heterocycles. The van der Waals surface area contributed by atoms with E-state index in [1.165, 1.54) is 10.7 Å². The van der Waals surface area contributed by atoms with Crippen LogP contribution in [0.3, 0.4) is 0 Å². The molecule has 1 heterocycles. The summed E-state index contributed by atoms with van der Waals surface area (Å²) in [5.74, 6) is 0.141. The van der Waals surface area contributed by atoms with E-state index < -0.39 is 0 Å². The Bertz CT molecular complexity index is 902. The zero-order chi connectivity index (χ0) is 18.4. The Labute approximate surface area is 153 Å². The maximum absolute atomic E-state index is 13.6. The molecule has 0 fully saturated rings. The van der Waals surface area contributed by atoms with E-state index >= 15 is 0 Å². The lowest BCUT2D eigenvalue weighted by molar-refractivity contribution is -0.122. The molecule has 1 aromatic heterocycles. The van der Waals surface area contributed by atoms with Gasteiger partial charge in [0.05, 0.1) is 5.02 Å². The predicted molar refractivity (Wildman–Crippen MR) is 91.8 cm³/mol. The average Bonchev–Trinajstić information content (AvgIpc) is 3.07. The minimum atomic E-state index is -0.371. The molecular formula is C17H15ClFN5O2. The maximum atomic E-state index is 13.6. The zero-order valence-electron chi connectivity index (χ0n) is 13.6. The monoisotopic (exact) mass is 375 g/mol. The number of amides is 1. The fourth-order valence-electron chi connectivity index (χ4n) is 2.18. The summed E-state index contributed by atoms with van der Waals surface area (Å²) in [7, 11) is 0. The van der Waals surface area contributed by atoms with Gasteiger partial charge in [-0.3, -0.25) is 4.79 Å². The number of rotatable bonds is 7. The third-order valence-electron chi connectivity index (χ3n) is 3.53. The summed E-state index contributed by atoms with van der Waals surface area (Å²) in [5.41, 5.74) is 0.403. The molecule has 7 nitrogen and oxygen atoms in total. The molecule has 0 radical (unpaired) electrons. The third kappa shape index (κ3) is 4.54. The van der Waals surface area contributed by atoms with Crippen molar-refractivity contribution in [2.75, 3.05) is 0 Å². The first kappa shape index (κ1) is 17.8. The van der Waals surface area contributed by atoms with E-state index in [1.54, 1.807) is 42.5 Å². The highest BCUT2D eigenvalue weighted by atomic mass is 35.5. The molecule has 0 saturated heterocycles. The van der Waals surface area contributed by atoms with Crippen LogP contribution in [0.25, 0.3) is 0 Å². The molecule has 0 spiro atoms. The van der Waals surface area contributed by atoms with Gasteiger partial charge in [0.2, 0.25) is 5.91 Å². The molecule has 1 N–H and O–H groups in total. The fourth-order valence-corrected chi connectivity index (χ4v) is 2.37. The van der Waals surface area contributed by atoms with Crippen molar-refractivity contribution >= 4 is 17.5 Å². The van der Waals surface area contributed by atoms with Gasteiger partial charge in [-0.1, -0.05) is 41.9 Å². The second kappa shape index (κ2) is 8.39. The summed E-state index contributed by atoms with van der Waals surface area (Å²) in [6.45, 7) is 0.0269. The first-order valence-electron chi connectivity index (χ1n) is 7.76. The smallest absolute Gasteiger partial charge is 0.242 e. The molecule has 134 valence electrons. The molecule has 3 rings (SSSR count). The zero-order valence-corrected chi connectivity index (χ0v) is 14.4. The van der Waals surface area contributed by atoms with Crippen LogP contribution in [0.1, 0.15) is 11.4 Å². The predicted octanol–water partition coefficient (Wildman–Crippen LogP) is 2.36. The quantitative estimate of drug-likeness (QED) is 0.685. The maximum Gasteiger partial charge on any atom is 0.242 e. The van der Waals surface area contributed by atoms with Crippen molar-refractivity contribution < 1.29 is 13.9 Å². The number of aromatic nitrogens is 4. The molecule has 3 aromatic rings. The molecular weight excluding hydrogens is 361 g/mol. The largest absolute Gasteiger partial charge is 0.484 e. The number of nitrogens with zero attached hydrogens (tertiary/aromatic N) is 4. The van der Waals surface area contributed by atoms with Gasteiger partial charge >= 0.3 is 0 Å². The van der Waals surface area contributed by atoms with Gasteiger partial charge in [0.1, 0.15) is 24.7 Å². The fraction of sp³-hybridized carbons (Fsp3) is 0.176. The van der Waals surface area contributed by atoms with E-state index in [9.17, 15) is 9.18 Å². The van der Waals surface area contributed by atoms with E-state index in [2.05, 4.69) is 20.8 Å². The number of carbonyl (C=O) groups excluding carboxylic acids is 1. The van der Waals surface area contributed by atoms with Crippen LogP contribution in [0.5, 0.6) is 5.75 Å². The van der Waals surface area contributed by atoms with Gasteiger partial charge in [-0.05, 0) is 28.6 Å². The highest BCUT2D eigenvalue weighted by Gasteiger charge is 2.12. The lowest BCUT2D eigenvalue weighted by Gasteiger charge is -2.09. The molecule has 26 heavy (non-hydrogen) atoms. The van der Waals surface area contributed by atoms with Crippen molar-refractivity contribution in [3.8, 4) is 5.75 Å². The third-order valence-corrected chi connectivity index (χ3v) is 3.84. The molecule has 0 saturated carbocycles.